The molecule has 0 aliphatic carbocycles. The van der Waals surface area contributed by atoms with Crippen LogP contribution in [0.5, 0.6) is 0 Å². The van der Waals surface area contributed by atoms with Gasteiger partial charge in [-0.2, -0.15) is 13.2 Å². The Morgan fingerprint density at radius 3 is 2.69 bits per heavy atom. The van der Waals surface area contributed by atoms with Gasteiger partial charge < -0.3 is 5.32 Å². The van der Waals surface area contributed by atoms with Crippen LogP contribution in [-0.4, -0.2) is 23.7 Å². The Labute approximate surface area is 97.4 Å². The van der Waals surface area contributed by atoms with Crippen molar-refractivity contribution >= 4 is 27.8 Å². The van der Waals surface area contributed by atoms with Crippen molar-refractivity contribution < 1.29 is 18.0 Å². The van der Waals surface area contributed by atoms with E-state index in [4.69, 9.17) is 0 Å². The van der Waals surface area contributed by atoms with Gasteiger partial charge in [-0.05, 0) is 28.1 Å². The smallest absolute Gasteiger partial charge is 0.329 e. The summed E-state index contributed by atoms with van der Waals surface area (Å²) >= 11 is 3.06. The number of nitrogens with zero attached hydrogens (tertiary/aromatic N) is 1. The number of anilines is 1. The fourth-order valence-electron chi connectivity index (χ4n) is 0.819. The van der Waals surface area contributed by atoms with Crippen LogP contribution in [0.15, 0.2) is 22.8 Å². The lowest BCUT2D eigenvalue weighted by Crippen LogP contribution is -2.36. The van der Waals surface area contributed by atoms with Gasteiger partial charge in [-0.25, -0.2) is 9.78 Å². The van der Waals surface area contributed by atoms with Crippen molar-refractivity contribution in [2.24, 2.45) is 0 Å². The monoisotopic (exact) mass is 297 g/mol. The van der Waals surface area contributed by atoms with Gasteiger partial charge in [0.1, 0.15) is 17.0 Å². The maximum absolute atomic E-state index is 11.8. The van der Waals surface area contributed by atoms with Crippen LogP contribution in [-0.2, 0) is 0 Å². The fourth-order valence-corrected chi connectivity index (χ4v) is 1.16. The van der Waals surface area contributed by atoms with Gasteiger partial charge in [0.05, 0.1) is 0 Å². The number of urea groups is 1. The zero-order chi connectivity index (χ0) is 12.2. The number of aromatic nitrogens is 1. The highest BCUT2D eigenvalue weighted by atomic mass is 79.9. The standard InChI is InChI=1S/C8H7BrF3N3O/c9-5-2-1-3-6(14-5)15-7(16)13-4-8(10,11)12/h1-3H,4H2,(H2,13,14,15,16). The molecule has 2 N–H and O–H groups in total. The van der Waals surface area contributed by atoms with Gasteiger partial charge in [-0.15, -0.1) is 0 Å². The highest BCUT2D eigenvalue weighted by molar-refractivity contribution is 9.10. The summed E-state index contributed by atoms with van der Waals surface area (Å²) < 4.78 is 35.7. The van der Waals surface area contributed by atoms with E-state index in [0.29, 0.717) is 4.60 Å². The molecule has 16 heavy (non-hydrogen) atoms. The Balaban J connectivity index is 2.46. The Morgan fingerprint density at radius 1 is 1.44 bits per heavy atom. The minimum Gasteiger partial charge on any atom is -0.329 e. The first kappa shape index (κ1) is 12.8. The third-order valence-corrected chi connectivity index (χ3v) is 1.85. The van der Waals surface area contributed by atoms with Crippen LogP contribution in [0.1, 0.15) is 0 Å². The van der Waals surface area contributed by atoms with E-state index < -0.39 is 18.8 Å². The number of amides is 2. The van der Waals surface area contributed by atoms with Crippen molar-refractivity contribution in [3.63, 3.8) is 0 Å². The lowest BCUT2D eigenvalue weighted by molar-refractivity contribution is -0.122. The molecule has 0 fully saturated rings. The second-order valence-corrected chi connectivity index (χ2v) is 3.58. The minimum absolute atomic E-state index is 0.161. The minimum atomic E-state index is -4.43. The molecule has 0 radical (unpaired) electrons. The number of nitrogens with one attached hydrogen (secondary N) is 2. The first-order valence-corrected chi connectivity index (χ1v) is 4.90. The molecule has 8 heteroatoms. The first-order valence-electron chi connectivity index (χ1n) is 4.11. The predicted molar refractivity (Wildman–Crippen MR) is 55.0 cm³/mol. The maximum atomic E-state index is 11.8. The average molecular weight is 298 g/mol. The van der Waals surface area contributed by atoms with E-state index in [2.05, 4.69) is 26.2 Å². The molecular weight excluding hydrogens is 291 g/mol. The van der Waals surface area contributed by atoms with Crippen molar-refractivity contribution in [1.29, 1.82) is 0 Å². The van der Waals surface area contributed by atoms with E-state index in [-0.39, 0.29) is 5.82 Å². The maximum Gasteiger partial charge on any atom is 0.405 e. The quantitative estimate of drug-likeness (QED) is 0.824. The van der Waals surface area contributed by atoms with Crippen molar-refractivity contribution in [1.82, 2.24) is 10.3 Å². The lowest BCUT2D eigenvalue weighted by atomic mass is 10.5. The number of hydrogen-bond donors (Lipinski definition) is 2. The summed E-state index contributed by atoms with van der Waals surface area (Å²) in [7, 11) is 0. The molecule has 0 saturated heterocycles. The normalized spacial score (nSPS) is 11.0. The van der Waals surface area contributed by atoms with Gasteiger partial charge in [-0.1, -0.05) is 6.07 Å². The van der Waals surface area contributed by atoms with Gasteiger partial charge in [-0.3, -0.25) is 5.32 Å². The third-order valence-electron chi connectivity index (χ3n) is 1.41. The number of carbonyl (C=O) groups is 1. The molecule has 0 aliphatic rings. The molecule has 88 valence electrons. The van der Waals surface area contributed by atoms with Crippen molar-refractivity contribution in [2.75, 3.05) is 11.9 Å². The van der Waals surface area contributed by atoms with Crippen molar-refractivity contribution in [3.05, 3.63) is 22.8 Å². The molecule has 2 amide bonds. The number of hydrogen-bond acceptors (Lipinski definition) is 2. The largest absolute Gasteiger partial charge is 0.405 e. The second-order valence-electron chi connectivity index (χ2n) is 2.77. The van der Waals surface area contributed by atoms with E-state index in [0.717, 1.165) is 0 Å². The molecule has 1 aromatic heterocycles. The molecule has 0 saturated carbocycles. The summed E-state index contributed by atoms with van der Waals surface area (Å²) in [5, 5.41) is 3.82. The Hall–Kier alpha value is -1.31. The summed E-state index contributed by atoms with van der Waals surface area (Å²) in [6, 6.07) is 3.72. The van der Waals surface area contributed by atoms with E-state index in [1.54, 1.807) is 17.4 Å². The average Bonchev–Trinajstić information content (AvgIpc) is 2.14. The highest BCUT2D eigenvalue weighted by Crippen LogP contribution is 2.13. The van der Waals surface area contributed by atoms with Gasteiger partial charge in [0.2, 0.25) is 0 Å². The van der Waals surface area contributed by atoms with Crippen LogP contribution in [0.2, 0.25) is 0 Å². The van der Waals surface area contributed by atoms with Gasteiger partial charge in [0.15, 0.2) is 0 Å². The molecule has 0 aromatic carbocycles. The summed E-state index contributed by atoms with van der Waals surface area (Å²) in [6.45, 7) is -1.38. The lowest BCUT2D eigenvalue weighted by Gasteiger charge is -2.09. The van der Waals surface area contributed by atoms with Crippen LogP contribution in [0.25, 0.3) is 0 Å². The topological polar surface area (TPSA) is 54.0 Å². The van der Waals surface area contributed by atoms with Crippen LogP contribution in [0.3, 0.4) is 0 Å². The Morgan fingerprint density at radius 2 is 2.12 bits per heavy atom. The summed E-state index contributed by atoms with van der Waals surface area (Å²) in [5.41, 5.74) is 0. The van der Waals surface area contributed by atoms with Crippen LogP contribution >= 0.6 is 15.9 Å². The van der Waals surface area contributed by atoms with Gasteiger partial charge in [0.25, 0.3) is 0 Å². The zero-order valence-electron chi connectivity index (χ0n) is 7.81. The molecule has 4 nitrogen and oxygen atoms in total. The van der Waals surface area contributed by atoms with Crippen molar-refractivity contribution in [3.8, 4) is 0 Å². The highest BCUT2D eigenvalue weighted by Gasteiger charge is 2.27. The molecule has 0 bridgehead atoms. The molecule has 1 heterocycles. The Kier molecular flexibility index (Phi) is 4.11. The van der Waals surface area contributed by atoms with E-state index in [9.17, 15) is 18.0 Å². The molecule has 0 atom stereocenters. The van der Waals surface area contributed by atoms with E-state index >= 15 is 0 Å². The van der Waals surface area contributed by atoms with Crippen molar-refractivity contribution in [2.45, 2.75) is 6.18 Å². The fraction of sp³-hybridized carbons (Fsp3) is 0.250. The molecule has 0 spiro atoms. The molecule has 1 aromatic rings. The number of pyridine rings is 1. The molecule has 0 unspecified atom stereocenters. The zero-order valence-corrected chi connectivity index (χ0v) is 9.39. The summed E-state index contributed by atoms with van der Waals surface area (Å²) in [6.07, 6.45) is -4.43. The summed E-state index contributed by atoms with van der Waals surface area (Å²) in [4.78, 5) is 14.8. The molecule has 1 rings (SSSR count). The molecular formula is C8H7BrF3N3O. The van der Waals surface area contributed by atoms with Crippen LogP contribution in [0, 0.1) is 0 Å². The van der Waals surface area contributed by atoms with Crippen LogP contribution < -0.4 is 10.6 Å². The number of rotatable bonds is 2. The van der Waals surface area contributed by atoms with Gasteiger partial charge >= 0.3 is 12.2 Å². The summed E-state index contributed by atoms with van der Waals surface area (Å²) in [5.74, 6) is 0.161. The third kappa shape index (κ3) is 4.96. The second kappa shape index (κ2) is 5.15. The number of halogens is 4. The Bertz CT molecular complexity index is 383. The number of carbonyl (C=O) groups excluding carboxylic acids is 1. The van der Waals surface area contributed by atoms with Gasteiger partial charge in [0, 0.05) is 0 Å². The molecule has 0 aliphatic heterocycles. The first-order chi connectivity index (χ1) is 7.37. The van der Waals surface area contributed by atoms with Crippen LogP contribution in [0.4, 0.5) is 23.8 Å². The predicted octanol–water partition coefficient (Wildman–Crippen LogP) is 2.53. The SMILES string of the molecule is O=C(NCC(F)(F)F)Nc1cccc(Br)n1. The number of alkyl halides is 3. The van der Waals surface area contributed by atoms with E-state index in [1.165, 1.54) is 6.07 Å². The van der Waals surface area contributed by atoms with E-state index in [1.807, 2.05) is 0 Å².